The average Bonchev–Trinajstić information content (AvgIpc) is 3.91. The summed E-state index contributed by atoms with van der Waals surface area (Å²) in [5.74, 6) is 2.01. The van der Waals surface area contributed by atoms with E-state index in [0.29, 0.717) is 18.3 Å². The maximum absolute atomic E-state index is 13.3. The highest BCUT2D eigenvalue weighted by atomic mass is 16.4. The molecular formula is C38H41N7O3. The van der Waals surface area contributed by atoms with Crippen molar-refractivity contribution < 1.29 is 14.7 Å². The number of carbonyl (C=O) groups is 2. The van der Waals surface area contributed by atoms with Gasteiger partial charge in [0.25, 0.3) is 0 Å². The molecule has 8 rings (SSSR count). The highest BCUT2D eigenvalue weighted by Gasteiger charge is 2.50. The lowest BCUT2D eigenvalue weighted by Crippen LogP contribution is -2.51. The number of amides is 3. The fraction of sp³-hybridized carbons (Fsp3) is 0.368. The van der Waals surface area contributed by atoms with E-state index >= 15 is 0 Å². The second kappa shape index (κ2) is 11.5. The molecule has 0 radical (unpaired) electrons. The van der Waals surface area contributed by atoms with Crippen molar-refractivity contribution in [3.63, 3.8) is 0 Å². The summed E-state index contributed by atoms with van der Waals surface area (Å²) in [6.07, 6.45) is 5.85. The molecular weight excluding hydrogens is 602 g/mol. The lowest BCUT2D eigenvalue weighted by atomic mass is 9.98. The fourth-order valence-corrected chi connectivity index (χ4v) is 8.00. The number of hydrogen-bond donors (Lipinski definition) is 4. The second-order valence-electron chi connectivity index (χ2n) is 14.6. The van der Waals surface area contributed by atoms with Crippen molar-refractivity contribution in [3.8, 4) is 33.5 Å². The molecule has 1 aliphatic carbocycles. The highest BCUT2D eigenvalue weighted by molar-refractivity contribution is 5.83. The zero-order chi connectivity index (χ0) is 33.2. The maximum Gasteiger partial charge on any atom is 0.407 e. The van der Waals surface area contributed by atoms with Crippen molar-refractivity contribution in [2.24, 2.45) is 5.92 Å². The van der Waals surface area contributed by atoms with E-state index in [1.165, 1.54) is 4.90 Å². The van der Waals surface area contributed by atoms with Crippen molar-refractivity contribution in [1.29, 1.82) is 0 Å². The van der Waals surface area contributed by atoms with Gasteiger partial charge in [-0.1, -0.05) is 54.6 Å². The number of nitrogens with one attached hydrogen (secondary N) is 3. The van der Waals surface area contributed by atoms with E-state index < -0.39 is 6.09 Å². The Morgan fingerprint density at radius 3 is 2.21 bits per heavy atom. The molecule has 3 fully saturated rings. The first-order valence-corrected chi connectivity index (χ1v) is 17.0. The minimum absolute atomic E-state index is 0.00243. The lowest BCUT2D eigenvalue weighted by molar-refractivity contribution is 0.136. The normalized spacial score (nSPS) is 22.1. The highest BCUT2D eigenvalue weighted by Crippen LogP contribution is 2.49. The molecule has 0 spiro atoms. The molecule has 2 bridgehead atoms. The van der Waals surface area contributed by atoms with E-state index in [1.807, 2.05) is 37.9 Å². The molecule has 4 heterocycles. The average molecular weight is 644 g/mol. The number of imidazole rings is 2. The molecule has 2 saturated heterocycles. The number of urea groups is 1. The van der Waals surface area contributed by atoms with E-state index in [2.05, 4.69) is 75.9 Å². The zero-order valence-electron chi connectivity index (χ0n) is 27.5. The fourth-order valence-electron chi connectivity index (χ4n) is 8.00. The van der Waals surface area contributed by atoms with Crippen molar-refractivity contribution in [2.45, 2.75) is 76.5 Å². The van der Waals surface area contributed by atoms with Gasteiger partial charge in [-0.05, 0) is 98.7 Å². The van der Waals surface area contributed by atoms with Crippen LogP contribution in [-0.2, 0) is 0 Å². The third kappa shape index (κ3) is 5.48. The molecule has 3 aromatic carbocycles. The third-order valence-corrected chi connectivity index (χ3v) is 10.2. The first-order valence-electron chi connectivity index (χ1n) is 17.0. The van der Waals surface area contributed by atoms with Gasteiger partial charge in [0, 0.05) is 18.1 Å². The smallest absolute Gasteiger partial charge is 0.407 e. The molecule has 1 saturated carbocycles. The number of aromatic nitrogens is 4. The summed E-state index contributed by atoms with van der Waals surface area (Å²) >= 11 is 0. The van der Waals surface area contributed by atoms with Gasteiger partial charge in [-0.15, -0.1) is 0 Å². The van der Waals surface area contributed by atoms with Gasteiger partial charge < -0.3 is 25.3 Å². The van der Waals surface area contributed by atoms with Crippen LogP contribution in [0.1, 0.15) is 76.6 Å². The Balaban J connectivity index is 0.971. The topological polar surface area (TPSA) is 130 Å². The quantitative estimate of drug-likeness (QED) is 0.154. The van der Waals surface area contributed by atoms with Crippen LogP contribution in [0, 0.1) is 5.92 Å². The number of benzene rings is 3. The van der Waals surface area contributed by atoms with Gasteiger partial charge in [-0.25, -0.2) is 19.6 Å². The summed E-state index contributed by atoms with van der Waals surface area (Å²) in [6.45, 7) is 6.60. The number of likely N-dealkylation sites (tertiary alicyclic amines) is 2. The molecule has 3 aliphatic rings. The number of nitrogens with zero attached hydrogens (tertiary/aromatic N) is 4. The standard InChI is InChI=1S/C38H41N7O3/c1-38(2,3)43-36(46)45-28-16-14-27(19-28)33(45)35-39-21-31(42-35)25-12-10-23(11-13-25)22-6-8-24(9-7-22)26-15-17-29-30(20-26)41-34(40-29)32-5-4-18-44(32)37(47)48/h6-13,15,17,20-21,27-28,32-33H,4-5,14,16,18-19H2,1-3H3,(H,39,42)(H,40,41)(H,43,46)(H,47,48). The van der Waals surface area contributed by atoms with Crippen LogP contribution in [-0.4, -0.2) is 65.1 Å². The number of H-pyrrole nitrogens is 2. The number of rotatable bonds is 5. The Morgan fingerprint density at radius 2 is 1.52 bits per heavy atom. The van der Waals surface area contributed by atoms with Crippen LogP contribution in [0.25, 0.3) is 44.5 Å². The number of aromatic amines is 2. The Morgan fingerprint density at radius 1 is 0.854 bits per heavy atom. The summed E-state index contributed by atoms with van der Waals surface area (Å²) in [4.78, 5) is 44.8. The van der Waals surface area contributed by atoms with Crippen LogP contribution in [0.4, 0.5) is 9.59 Å². The minimum Gasteiger partial charge on any atom is -0.465 e. The number of carboxylic acid groups (broad SMARTS) is 1. The van der Waals surface area contributed by atoms with Crippen LogP contribution >= 0.6 is 0 Å². The third-order valence-electron chi connectivity index (χ3n) is 10.2. The number of piperidine rings is 1. The first kappa shape index (κ1) is 30.2. The molecule has 2 aliphatic heterocycles. The molecule has 10 nitrogen and oxygen atoms in total. The van der Waals surface area contributed by atoms with Gasteiger partial charge >= 0.3 is 12.1 Å². The van der Waals surface area contributed by atoms with Gasteiger partial charge in [-0.3, -0.25) is 4.90 Å². The molecule has 48 heavy (non-hydrogen) atoms. The predicted octanol–water partition coefficient (Wildman–Crippen LogP) is 8.14. The molecule has 4 unspecified atom stereocenters. The van der Waals surface area contributed by atoms with Gasteiger partial charge in [0.1, 0.15) is 11.6 Å². The molecule has 3 amide bonds. The summed E-state index contributed by atoms with van der Waals surface area (Å²) in [7, 11) is 0. The van der Waals surface area contributed by atoms with Crippen LogP contribution in [0.3, 0.4) is 0 Å². The second-order valence-corrected chi connectivity index (χ2v) is 14.6. The Hall–Kier alpha value is -5.12. The molecule has 10 heteroatoms. The van der Waals surface area contributed by atoms with E-state index in [4.69, 9.17) is 9.97 Å². The van der Waals surface area contributed by atoms with Crippen molar-refractivity contribution >= 4 is 23.2 Å². The molecule has 5 aromatic rings. The molecule has 4 N–H and O–H groups in total. The van der Waals surface area contributed by atoms with Crippen molar-refractivity contribution in [3.05, 3.63) is 84.6 Å². The summed E-state index contributed by atoms with van der Waals surface area (Å²) in [5, 5.41) is 12.7. The summed E-state index contributed by atoms with van der Waals surface area (Å²) in [5.41, 5.74) is 7.87. The van der Waals surface area contributed by atoms with Crippen LogP contribution in [0.5, 0.6) is 0 Å². The van der Waals surface area contributed by atoms with E-state index in [-0.39, 0.29) is 29.7 Å². The van der Waals surface area contributed by atoms with Crippen LogP contribution in [0.15, 0.2) is 72.9 Å². The Bertz CT molecular complexity index is 1990. The largest absolute Gasteiger partial charge is 0.465 e. The van der Waals surface area contributed by atoms with E-state index in [1.54, 1.807) is 0 Å². The summed E-state index contributed by atoms with van der Waals surface area (Å²) in [6, 6.07) is 23.2. The predicted molar refractivity (Wildman–Crippen MR) is 185 cm³/mol. The van der Waals surface area contributed by atoms with E-state index in [0.717, 1.165) is 82.5 Å². The van der Waals surface area contributed by atoms with Gasteiger partial charge in [0.05, 0.1) is 35.0 Å². The van der Waals surface area contributed by atoms with Crippen molar-refractivity contribution in [2.75, 3.05) is 6.54 Å². The first-order chi connectivity index (χ1) is 23.1. The van der Waals surface area contributed by atoms with Crippen molar-refractivity contribution in [1.82, 2.24) is 35.1 Å². The Labute approximate surface area is 279 Å². The number of hydrogen-bond acceptors (Lipinski definition) is 4. The Kier molecular flexibility index (Phi) is 7.27. The monoisotopic (exact) mass is 643 g/mol. The van der Waals surface area contributed by atoms with Gasteiger partial charge in [0.2, 0.25) is 0 Å². The lowest BCUT2D eigenvalue weighted by Gasteiger charge is -2.36. The number of carbonyl (C=O) groups excluding carboxylic acids is 1. The molecule has 4 atom stereocenters. The number of fused-ring (bicyclic) bond motifs is 3. The van der Waals surface area contributed by atoms with Gasteiger partial charge in [-0.2, -0.15) is 0 Å². The minimum atomic E-state index is -0.898. The SMILES string of the molecule is CC(C)(C)NC(=O)N1C2CCC(C2)C1c1ncc(-c2ccc(-c3ccc(-c4ccc5nc(C6CCCN6C(=O)O)[nH]c5c4)cc3)cc2)[nH]1. The molecule has 246 valence electrons. The zero-order valence-corrected chi connectivity index (χ0v) is 27.5. The summed E-state index contributed by atoms with van der Waals surface area (Å²) < 4.78 is 0. The van der Waals surface area contributed by atoms with Gasteiger partial charge in [0.15, 0.2) is 0 Å². The maximum atomic E-state index is 13.3. The molecule has 2 aromatic heterocycles. The van der Waals surface area contributed by atoms with Crippen LogP contribution < -0.4 is 5.32 Å². The van der Waals surface area contributed by atoms with Crippen LogP contribution in [0.2, 0.25) is 0 Å². The van der Waals surface area contributed by atoms with E-state index in [9.17, 15) is 14.7 Å².